The number of hydrogen-bond donors (Lipinski definition) is 0. The molecule has 0 radical (unpaired) electrons. The molecular formula is C27H33N3O5. The van der Waals surface area contributed by atoms with Gasteiger partial charge in [-0.15, -0.1) is 0 Å². The number of methoxy groups -OCH3 is 3. The van der Waals surface area contributed by atoms with Gasteiger partial charge in [0.1, 0.15) is 0 Å². The van der Waals surface area contributed by atoms with Crippen LogP contribution in [0.2, 0.25) is 0 Å². The summed E-state index contributed by atoms with van der Waals surface area (Å²) >= 11 is 0. The van der Waals surface area contributed by atoms with Gasteiger partial charge in [0.15, 0.2) is 11.5 Å². The molecule has 0 bridgehead atoms. The Morgan fingerprint density at radius 2 is 1.66 bits per heavy atom. The first kappa shape index (κ1) is 25.8. The number of hydrogen-bond acceptors (Lipinski definition) is 6. The molecule has 0 atom stereocenters. The SMILES string of the molecule is CCN(Cc1ccc(OC)c(OC)c1)C(=O)c1ccc(-n2nc(C)c(CCC(=O)OC)c2C)cc1. The largest absolute Gasteiger partial charge is 0.493 e. The number of benzene rings is 2. The minimum atomic E-state index is -0.243. The van der Waals surface area contributed by atoms with Crippen LogP contribution in [-0.2, 0) is 22.5 Å². The van der Waals surface area contributed by atoms with E-state index in [1.807, 2.05) is 67.9 Å². The molecule has 0 spiro atoms. The van der Waals surface area contributed by atoms with Crippen molar-refractivity contribution in [1.29, 1.82) is 0 Å². The lowest BCUT2D eigenvalue weighted by Gasteiger charge is -2.22. The maximum absolute atomic E-state index is 13.2. The first-order valence-corrected chi connectivity index (χ1v) is 11.5. The highest BCUT2D eigenvalue weighted by molar-refractivity contribution is 5.94. The van der Waals surface area contributed by atoms with Gasteiger partial charge in [0.2, 0.25) is 0 Å². The number of esters is 1. The van der Waals surface area contributed by atoms with Crippen molar-refractivity contribution >= 4 is 11.9 Å². The molecule has 0 aliphatic heterocycles. The van der Waals surface area contributed by atoms with Crippen molar-refractivity contribution in [3.8, 4) is 17.2 Å². The highest BCUT2D eigenvalue weighted by Crippen LogP contribution is 2.28. The van der Waals surface area contributed by atoms with Crippen molar-refractivity contribution in [2.24, 2.45) is 0 Å². The Labute approximate surface area is 206 Å². The Bertz CT molecular complexity index is 1180. The molecule has 8 heteroatoms. The molecule has 1 amide bonds. The smallest absolute Gasteiger partial charge is 0.305 e. The van der Waals surface area contributed by atoms with E-state index in [2.05, 4.69) is 5.10 Å². The molecule has 0 fully saturated rings. The maximum Gasteiger partial charge on any atom is 0.305 e. The van der Waals surface area contributed by atoms with Gasteiger partial charge >= 0.3 is 5.97 Å². The predicted octanol–water partition coefficient (Wildman–Crippen LogP) is 4.27. The molecule has 35 heavy (non-hydrogen) atoms. The lowest BCUT2D eigenvalue weighted by molar-refractivity contribution is -0.140. The first-order chi connectivity index (χ1) is 16.8. The van der Waals surface area contributed by atoms with Crippen LogP contribution >= 0.6 is 0 Å². The third-order valence-corrected chi connectivity index (χ3v) is 6.10. The van der Waals surface area contributed by atoms with Gasteiger partial charge < -0.3 is 19.1 Å². The van der Waals surface area contributed by atoms with E-state index in [-0.39, 0.29) is 11.9 Å². The molecule has 0 N–H and O–H groups in total. The van der Waals surface area contributed by atoms with E-state index in [4.69, 9.17) is 14.2 Å². The molecule has 8 nitrogen and oxygen atoms in total. The van der Waals surface area contributed by atoms with Crippen LogP contribution < -0.4 is 9.47 Å². The minimum Gasteiger partial charge on any atom is -0.493 e. The summed E-state index contributed by atoms with van der Waals surface area (Å²) in [6.07, 6.45) is 0.882. The summed E-state index contributed by atoms with van der Waals surface area (Å²) in [5, 5.41) is 4.64. The molecule has 3 rings (SSSR count). The summed E-state index contributed by atoms with van der Waals surface area (Å²) < 4.78 is 17.3. The van der Waals surface area contributed by atoms with Crippen molar-refractivity contribution in [1.82, 2.24) is 14.7 Å². The van der Waals surface area contributed by atoms with Crippen LogP contribution in [0.5, 0.6) is 11.5 Å². The number of carbonyl (C=O) groups excluding carboxylic acids is 2. The molecule has 0 aliphatic carbocycles. The molecule has 1 heterocycles. The molecule has 0 saturated heterocycles. The number of amides is 1. The second-order valence-corrected chi connectivity index (χ2v) is 8.19. The summed E-state index contributed by atoms with van der Waals surface area (Å²) in [4.78, 5) is 26.5. The number of ether oxygens (including phenoxy) is 3. The molecule has 2 aromatic carbocycles. The fourth-order valence-corrected chi connectivity index (χ4v) is 4.07. The maximum atomic E-state index is 13.2. The number of aryl methyl sites for hydroxylation is 1. The normalized spacial score (nSPS) is 10.7. The monoisotopic (exact) mass is 479 g/mol. The van der Waals surface area contributed by atoms with Crippen LogP contribution in [0.3, 0.4) is 0 Å². The van der Waals surface area contributed by atoms with Crippen LogP contribution in [0, 0.1) is 13.8 Å². The van der Waals surface area contributed by atoms with Crippen molar-refractivity contribution in [3.63, 3.8) is 0 Å². The lowest BCUT2D eigenvalue weighted by atomic mass is 10.1. The Balaban J connectivity index is 1.76. The van der Waals surface area contributed by atoms with Gasteiger partial charge in [-0.1, -0.05) is 6.07 Å². The third-order valence-electron chi connectivity index (χ3n) is 6.10. The second-order valence-electron chi connectivity index (χ2n) is 8.19. The highest BCUT2D eigenvalue weighted by Gasteiger charge is 2.18. The van der Waals surface area contributed by atoms with Gasteiger partial charge in [-0.2, -0.15) is 5.10 Å². The molecule has 0 unspecified atom stereocenters. The molecule has 0 aliphatic rings. The van der Waals surface area contributed by atoms with Gasteiger partial charge in [-0.05, 0) is 74.7 Å². The summed E-state index contributed by atoms with van der Waals surface area (Å²) in [6, 6.07) is 13.1. The lowest BCUT2D eigenvalue weighted by Crippen LogP contribution is -2.30. The van der Waals surface area contributed by atoms with Crippen LogP contribution in [0.25, 0.3) is 5.69 Å². The third kappa shape index (κ3) is 5.82. The fraction of sp³-hybridized carbons (Fsp3) is 0.370. The standard InChI is InChI=1S/C27H33N3O5/c1-7-29(17-20-8-14-24(33-4)25(16-20)34-5)27(32)21-9-11-22(12-10-21)30-19(3)23(18(2)28-30)13-15-26(31)35-6/h8-12,14,16H,7,13,15,17H2,1-6H3. The molecule has 0 saturated carbocycles. The molecule has 1 aromatic heterocycles. The zero-order valence-corrected chi connectivity index (χ0v) is 21.3. The quantitative estimate of drug-likeness (QED) is 0.404. The second kappa shape index (κ2) is 11.6. The predicted molar refractivity (Wildman–Crippen MR) is 133 cm³/mol. The van der Waals surface area contributed by atoms with Gasteiger partial charge in [-0.3, -0.25) is 9.59 Å². The van der Waals surface area contributed by atoms with Crippen LogP contribution in [-0.4, -0.2) is 54.4 Å². The van der Waals surface area contributed by atoms with E-state index in [1.165, 1.54) is 7.11 Å². The molecule has 3 aromatic rings. The van der Waals surface area contributed by atoms with Crippen molar-refractivity contribution in [2.75, 3.05) is 27.9 Å². The van der Waals surface area contributed by atoms with Crippen molar-refractivity contribution < 1.29 is 23.8 Å². The Morgan fingerprint density at radius 1 is 0.971 bits per heavy atom. The van der Waals surface area contributed by atoms with E-state index < -0.39 is 0 Å². The Hall–Kier alpha value is -3.81. The number of aromatic nitrogens is 2. The van der Waals surface area contributed by atoms with Gasteiger partial charge in [0, 0.05) is 30.8 Å². The minimum absolute atomic E-state index is 0.0547. The van der Waals surface area contributed by atoms with E-state index in [9.17, 15) is 9.59 Å². The first-order valence-electron chi connectivity index (χ1n) is 11.5. The Kier molecular flexibility index (Phi) is 8.52. The summed E-state index contributed by atoms with van der Waals surface area (Å²) in [5.41, 5.74) is 5.28. The topological polar surface area (TPSA) is 82.9 Å². The van der Waals surface area contributed by atoms with E-state index in [0.717, 1.165) is 28.2 Å². The zero-order chi connectivity index (χ0) is 25.5. The van der Waals surface area contributed by atoms with Crippen LogP contribution in [0.4, 0.5) is 0 Å². The average molecular weight is 480 g/mol. The van der Waals surface area contributed by atoms with Crippen molar-refractivity contribution in [2.45, 2.75) is 40.2 Å². The summed E-state index contributed by atoms with van der Waals surface area (Å²) in [7, 11) is 4.58. The van der Waals surface area contributed by atoms with E-state index in [0.29, 0.717) is 43.0 Å². The van der Waals surface area contributed by atoms with Gasteiger partial charge in [0.05, 0.1) is 32.7 Å². The Morgan fingerprint density at radius 3 is 2.26 bits per heavy atom. The van der Waals surface area contributed by atoms with Crippen molar-refractivity contribution in [3.05, 3.63) is 70.5 Å². The average Bonchev–Trinajstić information content (AvgIpc) is 3.17. The number of rotatable bonds is 10. The van der Waals surface area contributed by atoms with Gasteiger partial charge in [-0.25, -0.2) is 4.68 Å². The molecule has 186 valence electrons. The zero-order valence-electron chi connectivity index (χ0n) is 21.3. The summed E-state index contributed by atoms with van der Waals surface area (Å²) in [5.74, 6) is 0.987. The number of carbonyl (C=O) groups is 2. The highest BCUT2D eigenvalue weighted by atomic mass is 16.5. The number of nitrogens with zero attached hydrogens (tertiary/aromatic N) is 3. The fourth-order valence-electron chi connectivity index (χ4n) is 4.07. The van der Waals surface area contributed by atoms with E-state index >= 15 is 0 Å². The van der Waals surface area contributed by atoms with Crippen LogP contribution in [0.1, 0.15) is 46.2 Å². The van der Waals surface area contributed by atoms with E-state index in [1.54, 1.807) is 19.1 Å². The summed E-state index contributed by atoms with van der Waals surface area (Å²) in [6.45, 7) is 6.89. The molecular weight excluding hydrogens is 446 g/mol. The van der Waals surface area contributed by atoms with Gasteiger partial charge in [0.25, 0.3) is 5.91 Å². The van der Waals surface area contributed by atoms with Crippen LogP contribution in [0.15, 0.2) is 42.5 Å².